The van der Waals surface area contributed by atoms with E-state index >= 15 is 0 Å². The average molecular weight is 298 g/mol. The van der Waals surface area contributed by atoms with Crippen LogP contribution in [0.25, 0.3) is 0 Å². The van der Waals surface area contributed by atoms with E-state index in [0.29, 0.717) is 0 Å². The van der Waals surface area contributed by atoms with Crippen LogP contribution >= 0.6 is 0 Å². The number of carbonyl (C=O) groups excluding carboxylic acids is 2. The van der Waals surface area contributed by atoms with E-state index < -0.39 is 9.05 Å². The SMILES string of the molecule is Cc1ccccc1.N=C=O.N=C=O.O[Si](O)(O)O.[H-].[Na+]. The molecule has 0 fully saturated rings. The van der Waals surface area contributed by atoms with Crippen LogP contribution in [0.15, 0.2) is 30.3 Å². The fraction of sp³-hybridized carbons (Fsp3) is 0.111. The summed E-state index contributed by atoms with van der Waals surface area (Å²) in [6, 6.07) is 10.3. The molecule has 6 N–H and O–H groups in total. The fourth-order valence-corrected chi connectivity index (χ4v) is 0.534. The second-order valence-electron chi connectivity index (χ2n) is 2.46. The Bertz CT molecular complexity index is 346. The van der Waals surface area contributed by atoms with Crippen molar-refractivity contribution < 1.29 is 59.8 Å². The second-order valence-corrected chi connectivity index (χ2v) is 3.66. The zero-order valence-corrected chi connectivity index (χ0v) is 13.5. The van der Waals surface area contributed by atoms with Gasteiger partial charge in [0.15, 0.2) is 0 Å². The van der Waals surface area contributed by atoms with Crippen LogP contribution in [0.2, 0.25) is 0 Å². The summed E-state index contributed by atoms with van der Waals surface area (Å²) in [5, 5.41) is 10.8. The molecule has 0 heterocycles. The van der Waals surface area contributed by atoms with E-state index in [1.807, 2.05) is 18.2 Å². The summed E-state index contributed by atoms with van der Waals surface area (Å²) >= 11 is 0. The second kappa shape index (κ2) is 19.4. The zero-order valence-electron chi connectivity index (χ0n) is 11.5. The third kappa shape index (κ3) is 77.8. The van der Waals surface area contributed by atoms with Gasteiger partial charge in [-0.1, -0.05) is 35.9 Å². The minimum absolute atomic E-state index is 0. The summed E-state index contributed by atoms with van der Waals surface area (Å²) in [6.45, 7) is 2.08. The topological polar surface area (TPSA) is 163 Å². The van der Waals surface area contributed by atoms with E-state index in [1.165, 1.54) is 5.56 Å². The first-order chi connectivity index (χ1) is 8.22. The summed E-state index contributed by atoms with van der Waals surface area (Å²) < 4.78 is 0. The molecule has 0 aliphatic carbocycles. The van der Waals surface area contributed by atoms with Crippen LogP contribution in [0.3, 0.4) is 0 Å². The van der Waals surface area contributed by atoms with E-state index in [0.717, 1.165) is 12.2 Å². The molecule has 1 aromatic rings. The Morgan fingerprint density at radius 1 is 1.00 bits per heavy atom. The Balaban J connectivity index is -0.0000000520. The predicted octanol–water partition coefficient (Wildman–Crippen LogP) is -3.70. The van der Waals surface area contributed by atoms with Gasteiger partial charge in [0.2, 0.25) is 12.2 Å². The van der Waals surface area contributed by atoms with Crippen molar-refractivity contribution in [1.29, 1.82) is 10.8 Å². The van der Waals surface area contributed by atoms with Gasteiger partial charge in [-0.25, -0.2) is 20.4 Å². The van der Waals surface area contributed by atoms with E-state index in [4.69, 9.17) is 39.6 Å². The number of rotatable bonds is 0. The van der Waals surface area contributed by atoms with Crippen LogP contribution < -0.4 is 29.6 Å². The molecule has 10 heteroatoms. The van der Waals surface area contributed by atoms with Crippen LogP contribution in [0.4, 0.5) is 0 Å². The predicted molar refractivity (Wildman–Crippen MR) is 63.7 cm³/mol. The molecule has 0 aliphatic heterocycles. The van der Waals surface area contributed by atoms with Gasteiger partial charge in [-0.05, 0) is 6.92 Å². The van der Waals surface area contributed by atoms with Crippen LogP contribution in [0.5, 0.6) is 0 Å². The van der Waals surface area contributed by atoms with Gasteiger partial charge < -0.3 is 20.6 Å². The van der Waals surface area contributed by atoms with Crippen molar-refractivity contribution in [2.75, 3.05) is 0 Å². The molecule has 0 bridgehead atoms. The first-order valence-corrected chi connectivity index (χ1v) is 6.00. The van der Waals surface area contributed by atoms with Crippen LogP contribution in [-0.4, -0.2) is 40.4 Å². The van der Waals surface area contributed by atoms with Gasteiger partial charge in [0.1, 0.15) is 0 Å². The van der Waals surface area contributed by atoms with Gasteiger partial charge in [-0.15, -0.1) is 0 Å². The first kappa shape index (κ1) is 26.6. The molecular weight excluding hydrogens is 283 g/mol. The van der Waals surface area contributed by atoms with Gasteiger partial charge in [0.05, 0.1) is 0 Å². The van der Waals surface area contributed by atoms with E-state index in [9.17, 15) is 0 Å². The van der Waals surface area contributed by atoms with Crippen molar-refractivity contribution in [3.63, 3.8) is 0 Å². The molecule has 0 unspecified atom stereocenters. The maximum Gasteiger partial charge on any atom is 1.00 e. The van der Waals surface area contributed by atoms with Gasteiger partial charge in [0, 0.05) is 0 Å². The molecule has 0 spiro atoms. The maximum absolute atomic E-state index is 8.35. The van der Waals surface area contributed by atoms with E-state index in [1.54, 1.807) is 0 Å². The van der Waals surface area contributed by atoms with Crippen molar-refractivity contribution >= 4 is 21.2 Å². The van der Waals surface area contributed by atoms with Crippen LogP contribution in [0, 0.1) is 17.7 Å². The number of benzene rings is 1. The molecule has 0 amide bonds. The summed E-state index contributed by atoms with van der Waals surface area (Å²) in [7, 11) is -4.61. The van der Waals surface area contributed by atoms with Gasteiger partial charge in [-0.3, -0.25) is 0 Å². The number of isocyanates is 2. The van der Waals surface area contributed by atoms with Crippen molar-refractivity contribution in [2.24, 2.45) is 0 Å². The molecule has 0 atom stereocenters. The van der Waals surface area contributed by atoms with Crippen molar-refractivity contribution in [1.82, 2.24) is 0 Å². The van der Waals surface area contributed by atoms with Crippen molar-refractivity contribution in [3.05, 3.63) is 35.9 Å². The van der Waals surface area contributed by atoms with Crippen LogP contribution in [-0.2, 0) is 9.59 Å². The number of aryl methyl sites for hydroxylation is 1. The molecule has 0 aliphatic rings. The van der Waals surface area contributed by atoms with Crippen molar-refractivity contribution in [2.45, 2.75) is 6.92 Å². The Hall–Kier alpha value is -0.963. The van der Waals surface area contributed by atoms with Gasteiger partial charge >= 0.3 is 38.6 Å². The molecule has 19 heavy (non-hydrogen) atoms. The van der Waals surface area contributed by atoms with Crippen LogP contribution in [0.1, 0.15) is 6.99 Å². The summed E-state index contributed by atoms with van der Waals surface area (Å²) in [5.41, 5.74) is 1.32. The third-order valence-corrected chi connectivity index (χ3v) is 0.940. The minimum atomic E-state index is -4.61. The van der Waals surface area contributed by atoms with Crippen molar-refractivity contribution in [3.8, 4) is 0 Å². The zero-order chi connectivity index (χ0) is 15.0. The molecule has 0 radical (unpaired) electrons. The molecule has 1 aromatic carbocycles. The van der Waals surface area contributed by atoms with Gasteiger partial charge in [0.25, 0.3) is 0 Å². The smallest absolute Gasteiger partial charge is 1.00 e. The standard InChI is InChI=1S/C7H8.2CHNO.Na.H4O4Si.H/c1-7-5-3-2-4-6-7;2*2-1-3;;1-5(2,3)4;/h2-6H,1H3;2*2H;;1-4H;/q;;;+1;;-1. The minimum Gasteiger partial charge on any atom is -1.00 e. The molecule has 102 valence electrons. The summed E-state index contributed by atoms with van der Waals surface area (Å²) in [5.74, 6) is 0. The Morgan fingerprint density at radius 3 is 1.32 bits per heavy atom. The Morgan fingerprint density at radius 2 is 1.21 bits per heavy atom. The molecule has 1 rings (SSSR count). The molecule has 0 aromatic heterocycles. The normalized spacial score (nSPS) is 7.21. The molecule has 8 nitrogen and oxygen atoms in total. The maximum atomic E-state index is 8.35. The first-order valence-electron chi connectivity index (χ1n) is 4.21. The Labute approximate surface area is 134 Å². The van der Waals surface area contributed by atoms with Gasteiger partial charge in [-0.2, -0.15) is 0 Å². The van der Waals surface area contributed by atoms with E-state index in [-0.39, 0.29) is 31.0 Å². The van der Waals surface area contributed by atoms with E-state index in [2.05, 4.69) is 19.1 Å². The Kier molecular flexibility index (Phi) is 27.1. The third-order valence-electron chi connectivity index (χ3n) is 0.940. The largest absolute Gasteiger partial charge is 1.00 e. The molecular formula is C9H15N2NaO6Si. The molecule has 0 saturated heterocycles. The number of nitrogens with one attached hydrogen (secondary N) is 2. The fourth-order valence-electron chi connectivity index (χ4n) is 0.534. The quantitative estimate of drug-likeness (QED) is 0.164. The average Bonchev–Trinajstić information content (AvgIpc) is 2.18. The molecule has 0 saturated carbocycles. The number of hydrogen-bond acceptors (Lipinski definition) is 8. The summed E-state index contributed by atoms with van der Waals surface area (Å²) in [6.07, 6.45) is 1.50. The number of hydrogen-bond donors (Lipinski definition) is 6. The summed E-state index contributed by atoms with van der Waals surface area (Å²) in [4.78, 5) is 46.0. The monoisotopic (exact) mass is 298 g/mol.